The lowest BCUT2D eigenvalue weighted by Crippen LogP contribution is -2.44. The summed E-state index contributed by atoms with van der Waals surface area (Å²) in [6, 6.07) is 1.92. The summed E-state index contributed by atoms with van der Waals surface area (Å²) in [4.78, 5) is 2.18. The molecule has 2 unspecified atom stereocenters. The Morgan fingerprint density at radius 2 is 2.15 bits per heavy atom. The van der Waals surface area contributed by atoms with Gasteiger partial charge in [-0.15, -0.1) is 0 Å². The number of nitrogens with zero attached hydrogens (tertiary/aromatic N) is 1. The van der Waals surface area contributed by atoms with Crippen LogP contribution in [0.3, 0.4) is 0 Å². The van der Waals surface area contributed by atoms with Gasteiger partial charge in [-0.3, -0.25) is 4.90 Å². The average molecular weight is 298 g/mol. The summed E-state index contributed by atoms with van der Waals surface area (Å²) < 4.78 is 5.86. The molecule has 0 radical (unpaired) electrons. The van der Waals surface area contributed by atoms with Crippen LogP contribution in [0.5, 0.6) is 5.75 Å². The molecule has 2 rings (SSSR count). The van der Waals surface area contributed by atoms with Crippen molar-refractivity contribution < 1.29 is 9.84 Å². The Balaban J connectivity index is 2.29. The Labute approximate surface area is 126 Å². The molecular weight excluding hydrogens is 274 g/mol. The molecule has 1 aromatic carbocycles. The number of halogens is 1. The predicted octanol–water partition coefficient (Wildman–Crippen LogP) is 3.48. The van der Waals surface area contributed by atoms with E-state index in [9.17, 15) is 5.11 Å². The van der Waals surface area contributed by atoms with Gasteiger partial charge in [0.15, 0.2) is 0 Å². The number of benzene rings is 1. The van der Waals surface area contributed by atoms with Crippen molar-refractivity contribution in [2.45, 2.75) is 45.8 Å². The second-order valence-corrected chi connectivity index (χ2v) is 6.08. The maximum Gasteiger partial charge on any atom is 0.125 e. The Hall–Kier alpha value is -0.770. The van der Waals surface area contributed by atoms with Gasteiger partial charge in [-0.2, -0.15) is 0 Å². The van der Waals surface area contributed by atoms with Crippen molar-refractivity contribution in [3.63, 3.8) is 0 Å². The van der Waals surface area contributed by atoms with Gasteiger partial charge in [0.05, 0.1) is 6.04 Å². The van der Waals surface area contributed by atoms with Crippen molar-refractivity contribution in [3.05, 3.63) is 27.8 Å². The van der Waals surface area contributed by atoms with Crippen LogP contribution in [-0.2, 0) is 0 Å². The van der Waals surface area contributed by atoms with Gasteiger partial charge in [0.1, 0.15) is 18.5 Å². The Morgan fingerprint density at radius 3 is 2.80 bits per heavy atom. The lowest BCUT2D eigenvalue weighted by molar-refractivity contribution is 0.0142. The minimum Gasteiger partial charge on any atom is -0.491 e. The van der Waals surface area contributed by atoms with Gasteiger partial charge in [0.2, 0.25) is 0 Å². The summed E-state index contributed by atoms with van der Waals surface area (Å²) in [7, 11) is 2.04. The lowest BCUT2D eigenvalue weighted by Gasteiger charge is -2.37. The number of hydrogen-bond acceptors (Lipinski definition) is 3. The van der Waals surface area contributed by atoms with Crippen LogP contribution < -0.4 is 4.74 Å². The summed E-state index contributed by atoms with van der Waals surface area (Å²) in [5, 5.41) is 11.4. The second kappa shape index (κ2) is 6.33. The first kappa shape index (κ1) is 15.6. The van der Waals surface area contributed by atoms with Crippen LogP contribution in [0.2, 0.25) is 5.02 Å². The van der Waals surface area contributed by atoms with E-state index in [0.29, 0.717) is 6.61 Å². The Bertz CT molecular complexity index is 490. The normalized spacial score (nSPS) is 21.8. The third-order valence-electron chi connectivity index (χ3n) is 4.19. The van der Waals surface area contributed by atoms with Gasteiger partial charge in [-0.25, -0.2) is 0 Å². The van der Waals surface area contributed by atoms with E-state index in [0.717, 1.165) is 46.8 Å². The zero-order valence-corrected chi connectivity index (χ0v) is 13.5. The maximum atomic E-state index is 10.7. The topological polar surface area (TPSA) is 32.7 Å². The molecule has 1 heterocycles. The largest absolute Gasteiger partial charge is 0.491 e. The van der Waals surface area contributed by atoms with Gasteiger partial charge in [0, 0.05) is 10.6 Å². The number of aliphatic hydroxyl groups is 1. The molecule has 0 spiro atoms. The summed E-state index contributed by atoms with van der Waals surface area (Å²) >= 11 is 6.31. The first-order valence-electron chi connectivity index (χ1n) is 7.28. The zero-order valence-electron chi connectivity index (χ0n) is 12.7. The molecule has 3 nitrogen and oxygen atoms in total. The summed E-state index contributed by atoms with van der Waals surface area (Å²) in [5.41, 5.74) is 2.77. The highest BCUT2D eigenvalue weighted by atomic mass is 35.5. The monoisotopic (exact) mass is 297 g/mol. The van der Waals surface area contributed by atoms with E-state index in [2.05, 4.69) is 11.8 Å². The van der Waals surface area contributed by atoms with E-state index in [-0.39, 0.29) is 6.04 Å². The van der Waals surface area contributed by atoms with E-state index in [1.165, 1.54) is 0 Å². The highest BCUT2D eigenvalue weighted by molar-refractivity contribution is 6.32. The van der Waals surface area contributed by atoms with Crippen LogP contribution in [0, 0.1) is 13.8 Å². The molecule has 0 saturated carbocycles. The SMILES string of the molecule is CCCCN(C)C1COc2cc(C)c(Cl)c(C)c2C1O. The number of hydrogen-bond donors (Lipinski definition) is 1. The molecule has 0 fully saturated rings. The summed E-state index contributed by atoms with van der Waals surface area (Å²) in [5.74, 6) is 0.775. The predicted molar refractivity (Wildman–Crippen MR) is 82.7 cm³/mol. The smallest absolute Gasteiger partial charge is 0.125 e. The van der Waals surface area contributed by atoms with Crippen LogP contribution in [0.4, 0.5) is 0 Å². The second-order valence-electron chi connectivity index (χ2n) is 5.70. The molecule has 2 atom stereocenters. The molecule has 1 aliphatic rings. The Morgan fingerprint density at radius 1 is 1.45 bits per heavy atom. The number of aryl methyl sites for hydroxylation is 1. The molecule has 0 bridgehead atoms. The lowest BCUT2D eigenvalue weighted by atomic mass is 9.92. The first-order valence-corrected chi connectivity index (χ1v) is 7.65. The number of likely N-dealkylation sites (N-methyl/N-ethyl adjacent to an activating group) is 1. The quantitative estimate of drug-likeness (QED) is 0.923. The highest BCUT2D eigenvalue weighted by Gasteiger charge is 2.34. The molecule has 1 aromatic rings. The molecule has 0 saturated heterocycles. The minimum absolute atomic E-state index is 0.00785. The van der Waals surface area contributed by atoms with Gasteiger partial charge >= 0.3 is 0 Å². The molecule has 20 heavy (non-hydrogen) atoms. The van der Waals surface area contributed by atoms with Gasteiger partial charge in [0.25, 0.3) is 0 Å². The molecule has 0 aliphatic carbocycles. The third-order valence-corrected chi connectivity index (χ3v) is 4.77. The summed E-state index contributed by atoms with van der Waals surface area (Å²) in [6.07, 6.45) is 1.73. The molecule has 4 heteroatoms. The summed E-state index contributed by atoms with van der Waals surface area (Å²) in [6.45, 7) is 7.58. The number of fused-ring (bicyclic) bond motifs is 1. The van der Waals surface area contributed by atoms with Crippen LogP contribution in [0.15, 0.2) is 6.07 Å². The van der Waals surface area contributed by atoms with Crippen molar-refractivity contribution in [1.82, 2.24) is 4.90 Å². The zero-order chi connectivity index (χ0) is 14.9. The Kier molecular flexibility index (Phi) is 4.95. The molecule has 0 aromatic heterocycles. The molecular formula is C16H24ClNO2. The van der Waals surface area contributed by atoms with Crippen molar-refractivity contribution in [2.24, 2.45) is 0 Å². The first-order chi connectivity index (χ1) is 9.47. The number of aliphatic hydroxyl groups excluding tert-OH is 1. The fraction of sp³-hybridized carbons (Fsp3) is 0.625. The molecule has 1 aliphatic heterocycles. The standard InChI is InChI=1S/C16H24ClNO2/c1-5-6-7-18(4)12-9-20-13-8-10(2)15(17)11(3)14(13)16(12)19/h8,12,16,19H,5-7,9H2,1-4H3. The minimum atomic E-state index is -0.543. The third kappa shape index (κ3) is 2.80. The van der Waals surface area contributed by atoms with E-state index >= 15 is 0 Å². The van der Waals surface area contributed by atoms with Crippen LogP contribution >= 0.6 is 11.6 Å². The van der Waals surface area contributed by atoms with Crippen LogP contribution in [0.25, 0.3) is 0 Å². The fourth-order valence-corrected chi connectivity index (χ4v) is 2.98. The van der Waals surface area contributed by atoms with Crippen molar-refractivity contribution in [1.29, 1.82) is 0 Å². The van der Waals surface area contributed by atoms with E-state index in [1.807, 2.05) is 27.0 Å². The van der Waals surface area contributed by atoms with E-state index < -0.39 is 6.10 Å². The number of unbranched alkanes of at least 4 members (excludes halogenated alkanes) is 1. The highest BCUT2D eigenvalue weighted by Crippen LogP contribution is 2.40. The molecule has 112 valence electrons. The van der Waals surface area contributed by atoms with Crippen molar-refractivity contribution in [3.8, 4) is 5.75 Å². The van der Waals surface area contributed by atoms with Crippen LogP contribution in [0.1, 0.15) is 42.6 Å². The molecule has 1 N–H and O–H groups in total. The van der Waals surface area contributed by atoms with Gasteiger partial charge in [-0.1, -0.05) is 24.9 Å². The van der Waals surface area contributed by atoms with E-state index in [1.54, 1.807) is 0 Å². The van der Waals surface area contributed by atoms with E-state index in [4.69, 9.17) is 16.3 Å². The molecule has 0 amide bonds. The number of rotatable bonds is 4. The van der Waals surface area contributed by atoms with Crippen molar-refractivity contribution >= 4 is 11.6 Å². The van der Waals surface area contributed by atoms with Crippen molar-refractivity contribution in [2.75, 3.05) is 20.2 Å². The fourth-order valence-electron chi connectivity index (χ4n) is 2.82. The number of ether oxygens (including phenoxy) is 1. The average Bonchev–Trinajstić information content (AvgIpc) is 2.42. The van der Waals surface area contributed by atoms with Crippen LogP contribution in [-0.4, -0.2) is 36.2 Å². The maximum absolute atomic E-state index is 10.7. The van der Waals surface area contributed by atoms with Gasteiger partial charge in [-0.05, 0) is 51.1 Å². The van der Waals surface area contributed by atoms with Gasteiger partial charge < -0.3 is 9.84 Å².